The minimum atomic E-state index is -4.61. The number of sulfonamides is 2. The Balaban J connectivity index is 0.000000155. The van der Waals surface area contributed by atoms with Crippen molar-refractivity contribution in [3.63, 3.8) is 0 Å². The van der Waals surface area contributed by atoms with Crippen molar-refractivity contribution in [3.05, 3.63) is 192 Å². The van der Waals surface area contributed by atoms with Gasteiger partial charge in [0.15, 0.2) is 15.5 Å². The third-order valence-corrected chi connectivity index (χ3v) is 13.7. The Kier molecular flexibility index (Phi) is 14.6. The quantitative estimate of drug-likeness (QED) is 0.130. The van der Waals surface area contributed by atoms with Crippen LogP contribution in [0.25, 0.3) is 50.5 Å². The van der Waals surface area contributed by atoms with E-state index in [1.54, 1.807) is 60.7 Å². The lowest BCUT2D eigenvalue weighted by molar-refractivity contribution is -0.141. The van der Waals surface area contributed by atoms with E-state index in [9.17, 15) is 43.2 Å². The molecule has 2 aromatic heterocycles. The van der Waals surface area contributed by atoms with Crippen molar-refractivity contribution in [1.29, 1.82) is 0 Å². The van der Waals surface area contributed by atoms with Gasteiger partial charge in [0, 0.05) is 23.0 Å². The lowest BCUT2D eigenvalue weighted by Crippen LogP contribution is -2.12. The number of carbonyl (C=O) groups is 1. The third kappa shape index (κ3) is 11.8. The fourth-order valence-corrected chi connectivity index (χ4v) is 8.83. The van der Waals surface area contributed by atoms with E-state index in [0.29, 0.717) is 16.9 Å². The number of sulfone groups is 1. The fourth-order valence-electron chi connectivity index (χ4n) is 7.17. The summed E-state index contributed by atoms with van der Waals surface area (Å²) in [6, 6.07) is 44.9. The highest BCUT2D eigenvalue weighted by atomic mass is 32.2. The van der Waals surface area contributed by atoms with Crippen molar-refractivity contribution >= 4 is 47.0 Å². The first-order valence-electron chi connectivity index (χ1n) is 20.8. The molecule has 70 heavy (non-hydrogen) atoms. The molecular formula is C50H42F3N5O9S3. The summed E-state index contributed by atoms with van der Waals surface area (Å²) < 4.78 is 119. The first-order valence-corrected chi connectivity index (χ1v) is 25.8. The summed E-state index contributed by atoms with van der Waals surface area (Å²) in [6.07, 6.45) is -3.44. The molecule has 0 spiro atoms. The predicted octanol–water partition coefficient (Wildman–Crippen LogP) is 9.04. The summed E-state index contributed by atoms with van der Waals surface area (Å²) in [7, 11) is -10.8. The fraction of sp³-hybridized carbons (Fsp3) is 0.100. The van der Waals surface area contributed by atoms with Crippen molar-refractivity contribution in [2.24, 2.45) is 10.3 Å². The van der Waals surface area contributed by atoms with E-state index in [1.165, 1.54) is 42.7 Å². The normalized spacial score (nSPS) is 12.9. The maximum atomic E-state index is 13.1. The van der Waals surface area contributed by atoms with Crippen LogP contribution in [0.3, 0.4) is 0 Å². The Bertz CT molecular complexity index is 3550. The second-order valence-corrected chi connectivity index (χ2v) is 20.9. The molecule has 0 aliphatic carbocycles. The van der Waals surface area contributed by atoms with Crippen LogP contribution in [0.5, 0.6) is 0 Å². The first-order chi connectivity index (χ1) is 33.0. The van der Waals surface area contributed by atoms with Crippen LogP contribution in [0.4, 0.5) is 13.2 Å². The Morgan fingerprint density at radius 3 is 1.60 bits per heavy atom. The number of alkyl halides is 3. The van der Waals surface area contributed by atoms with Gasteiger partial charge >= 0.3 is 12.1 Å². The first kappa shape index (κ1) is 50.4. The molecule has 14 nitrogen and oxygen atoms in total. The topological polar surface area (TPSA) is 225 Å². The molecule has 0 saturated carbocycles. The molecule has 9 rings (SSSR count). The highest BCUT2D eigenvalue weighted by Gasteiger charge is 2.35. The highest BCUT2D eigenvalue weighted by molar-refractivity contribution is 7.90. The highest BCUT2D eigenvalue weighted by Crippen LogP contribution is 2.36. The molecule has 1 aliphatic rings. The number of benzene rings is 6. The summed E-state index contributed by atoms with van der Waals surface area (Å²) in [5, 5.41) is 17.9. The number of primary sulfonamides is 2. The van der Waals surface area contributed by atoms with E-state index in [-0.39, 0.29) is 38.6 Å². The largest absolute Gasteiger partial charge is 0.457 e. The number of ether oxygens (including phenoxy) is 1. The smallest absolute Gasteiger partial charge is 0.435 e. The summed E-state index contributed by atoms with van der Waals surface area (Å²) in [5.41, 5.74) is 7.21. The predicted molar refractivity (Wildman–Crippen MR) is 257 cm³/mol. The number of rotatable bonds is 9. The zero-order valence-corrected chi connectivity index (χ0v) is 39.8. The Morgan fingerprint density at radius 1 is 0.600 bits per heavy atom. The summed E-state index contributed by atoms with van der Waals surface area (Å²) >= 11 is 0. The SMILES string of the molecule is CS(=O)(=O)c1ccc(C2=C(c3ccccc3)C(=O)OC2)cc1.Cc1ccc(-c2cc(C(F)(F)F)nn2-c2ccc(S(N)(=O)=O)cc2)cc1.Cc1onc(-c2ccccc2)c1-c1ccc(S(N)(=O)=O)cc1. The number of esters is 1. The van der Waals surface area contributed by atoms with E-state index < -0.39 is 41.8 Å². The van der Waals surface area contributed by atoms with Crippen molar-refractivity contribution in [2.75, 3.05) is 12.9 Å². The van der Waals surface area contributed by atoms with Gasteiger partial charge in [0.2, 0.25) is 20.0 Å². The van der Waals surface area contributed by atoms with Crippen LogP contribution in [0.15, 0.2) is 183 Å². The molecule has 0 saturated heterocycles. The van der Waals surface area contributed by atoms with Gasteiger partial charge in [0.1, 0.15) is 18.1 Å². The molecule has 0 bridgehead atoms. The van der Waals surface area contributed by atoms with Gasteiger partial charge in [0.25, 0.3) is 0 Å². The Morgan fingerprint density at radius 2 is 1.09 bits per heavy atom. The van der Waals surface area contributed by atoms with E-state index in [1.807, 2.05) is 74.5 Å². The molecule has 0 atom stereocenters. The van der Waals surface area contributed by atoms with Crippen molar-refractivity contribution in [2.45, 2.75) is 34.7 Å². The number of hydrogen-bond acceptors (Lipinski definition) is 11. The van der Waals surface area contributed by atoms with E-state index >= 15 is 0 Å². The molecule has 0 unspecified atom stereocenters. The van der Waals surface area contributed by atoms with Crippen molar-refractivity contribution in [3.8, 4) is 39.3 Å². The summed E-state index contributed by atoms with van der Waals surface area (Å²) in [4.78, 5) is 12.2. The molecule has 360 valence electrons. The Hall–Kier alpha value is -7.49. The zero-order valence-electron chi connectivity index (χ0n) is 37.3. The molecular weight excluding hydrogens is 968 g/mol. The molecule has 20 heteroatoms. The maximum Gasteiger partial charge on any atom is 0.435 e. The molecule has 3 heterocycles. The molecule has 0 fully saturated rings. The minimum absolute atomic E-state index is 0.0756. The maximum absolute atomic E-state index is 13.1. The van der Waals surface area contributed by atoms with Gasteiger partial charge in [-0.05, 0) is 85.1 Å². The van der Waals surface area contributed by atoms with E-state index in [4.69, 9.17) is 19.5 Å². The zero-order chi connectivity index (χ0) is 50.6. The second-order valence-electron chi connectivity index (χ2n) is 15.7. The number of carbonyl (C=O) groups excluding carboxylic acids is 1. The van der Waals surface area contributed by atoms with Crippen LogP contribution >= 0.6 is 0 Å². The van der Waals surface area contributed by atoms with Crippen LogP contribution in [-0.4, -0.2) is 59.0 Å². The van der Waals surface area contributed by atoms with Crippen LogP contribution in [0.1, 0.15) is 28.1 Å². The Labute approximate surface area is 401 Å². The molecule has 4 N–H and O–H groups in total. The van der Waals surface area contributed by atoms with Gasteiger partial charge in [0.05, 0.1) is 37.2 Å². The van der Waals surface area contributed by atoms with Gasteiger partial charge in [-0.2, -0.15) is 18.3 Å². The molecule has 8 aromatic rings. The number of halogens is 3. The van der Waals surface area contributed by atoms with Gasteiger partial charge in [-0.25, -0.2) is 45.0 Å². The molecule has 0 amide bonds. The third-order valence-electron chi connectivity index (χ3n) is 10.7. The number of nitrogens with zero attached hydrogens (tertiary/aromatic N) is 3. The molecule has 1 aliphatic heterocycles. The minimum Gasteiger partial charge on any atom is -0.457 e. The number of hydrogen-bond donors (Lipinski definition) is 2. The van der Waals surface area contributed by atoms with Crippen molar-refractivity contribution in [1.82, 2.24) is 14.9 Å². The molecule has 6 aromatic carbocycles. The summed E-state index contributed by atoms with van der Waals surface area (Å²) in [5.74, 6) is 0.315. The number of aryl methyl sites for hydroxylation is 2. The van der Waals surface area contributed by atoms with Crippen LogP contribution < -0.4 is 10.3 Å². The lowest BCUT2D eigenvalue weighted by atomic mass is 9.97. The van der Waals surface area contributed by atoms with Gasteiger partial charge in [-0.15, -0.1) is 0 Å². The average Bonchev–Trinajstić information content (AvgIpc) is 4.07. The number of aromatic nitrogens is 3. The number of cyclic esters (lactones) is 1. The average molecular weight is 1010 g/mol. The van der Waals surface area contributed by atoms with E-state index in [2.05, 4.69) is 10.3 Å². The second kappa shape index (κ2) is 20.2. The molecule has 0 radical (unpaired) electrons. The van der Waals surface area contributed by atoms with E-state index in [0.717, 1.165) is 55.4 Å². The van der Waals surface area contributed by atoms with Crippen LogP contribution in [-0.2, 0) is 45.6 Å². The number of nitrogens with two attached hydrogens (primary N) is 2. The lowest BCUT2D eigenvalue weighted by Gasteiger charge is -2.09. The van der Waals surface area contributed by atoms with Crippen LogP contribution in [0.2, 0.25) is 0 Å². The summed E-state index contributed by atoms with van der Waals surface area (Å²) in [6.45, 7) is 3.89. The van der Waals surface area contributed by atoms with Crippen molar-refractivity contribution < 1.29 is 52.5 Å². The monoisotopic (exact) mass is 1010 g/mol. The van der Waals surface area contributed by atoms with Crippen LogP contribution in [0, 0.1) is 13.8 Å². The standard InChI is InChI=1S/C17H14F3N3O2S.C17H14O4S.C16H14N2O3S/c1-11-2-4-12(5-3-11)15-10-16(17(18,19)20)22-23(15)13-6-8-14(9-7-13)26(21,24)25;1-22(19,20)14-9-7-12(8-10-14)15-11-21-17(18)16(15)13-5-3-2-4-6-13;1-11-15(12-7-9-14(10-8-12)22(17,19)20)16(18-21-11)13-5-3-2-4-6-13/h2-10H,1H3,(H2,21,24,25);2-10H,11H2,1H3;2-10H,1H3,(H2,17,19,20). The van der Waals surface area contributed by atoms with Gasteiger partial charge in [-0.3, -0.25) is 0 Å². The van der Waals surface area contributed by atoms with Gasteiger partial charge in [-0.1, -0.05) is 120 Å². The van der Waals surface area contributed by atoms with Gasteiger partial charge < -0.3 is 9.26 Å².